The summed E-state index contributed by atoms with van der Waals surface area (Å²) in [4.78, 5) is 19.5. The minimum Gasteiger partial charge on any atom is -0.481 e. The third-order valence-electron chi connectivity index (χ3n) is 6.27. The summed E-state index contributed by atoms with van der Waals surface area (Å²) >= 11 is 0. The predicted molar refractivity (Wildman–Crippen MR) is 101 cm³/mol. The van der Waals surface area contributed by atoms with Crippen LogP contribution in [0.1, 0.15) is 43.7 Å². The largest absolute Gasteiger partial charge is 0.481 e. The first kappa shape index (κ1) is 15.6. The first-order valence-corrected chi connectivity index (χ1v) is 9.30. The molecular weight excluding hydrogens is 324 g/mol. The zero-order valence-electron chi connectivity index (χ0n) is 14.9. The van der Waals surface area contributed by atoms with E-state index in [0.717, 1.165) is 40.7 Å². The van der Waals surface area contributed by atoms with E-state index in [4.69, 9.17) is 0 Å². The number of hydrogen-bond donors (Lipinski definition) is 2. The average molecular weight is 346 g/mol. The standard InChI is InChI=1S/C22H22N2O2/c1-21(5-6-21)16-4-9-23-18(12-16)19-11-15-10-14(2-3-17(15)24-19)13-22(7-8-22)20(25)26/h2-4,9-12,24H,5-8,13H2,1H3,(H,25,26). The Morgan fingerprint density at radius 1 is 1.15 bits per heavy atom. The molecule has 5 rings (SSSR count). The number of H-pyrrole nitrogens is 1. The summed E-state index contributed by atoms with van der Waals surface area (Å²) in [6.45, 7) is 2.31. The van der Waals surface area contributed by atoms with Crippen molar-refractivity contribution < 1.29 is 9.90 Å². The molecule has 0 aliphatic heterocycles. The lowest BCUT2D eigenvalue weighted by Gasteiger charge is -2.09. The molecule has 0 saturated heterocycles. The highest BCUT2D eigenvalue weighted by molar-refractivity contribution is 5.86. The van der Waals surface area contributed by atoms with E-state index in [0.29, 0.717) is 11.8 Å². The summed E-state index contributed by atoms with van der Waals surface area (Å²) in [6, 6.07) is 12.7. The van der Waals surface area contributed by atoms with Crippen LogP contribution in [0.3, 0.4) is 0 Å². The van der Waals surface area contributed by atoms with E-state index >= 15 is 0 Å². The summed E-state index contributed by atoms with van der Waals surface area (Å²) in [6.07, 6.45) is 6.58. The molecule has 4 heteroatoms. The molecule has 2 heterocycles. The van der Waals surface area contributed by atoms with Crippen LogP contribution in [0.5, 0.6) is 0 Å². The number of aliphatic carboxylic acids is 1. The Kier molecular flexibility index (Phi) is 3.12. The molecule has 2 aliphatic carbocycles. The molecule has 1 aromatic carbocycles. The number of rotatable bonds is 5. The lowest BCUT2D eigenvalue weighted by atomic mass is 9.96. The van der Waals surface area contributed by atoms with Gasteiger partial charge in [0.1, 0.15) is 0 Å². The van der Waals surface area contributed by atoms with Gasteiger partial charge in [-0.05, 0) is 79.0 Å². The fourth-order valence-corrected chi connectivity index (χ4v) is 3.87. The maximum Gasteiger partial charge on any atom is 0.309 e. The number of aromatic amines is 1. The van der Waals surface area contributed by atoms with Crippen molar-refractivity contribution in [1.82, 2.24) is 9.97 Å². The highest BCUT2D eigenvalue weighted by Crippen LogP contribution is 2.49. The lowest BCUT2D eigenvalue weighted by molar-refractivity contribution is -0.143. The molecule has 0 radical (unpaired) electrons. The van der Waals surface area contributed by atoms with Gasteiger partial charge in [-0.25, -0.2) is 0 Å². The van der Waals surface area contributed by atoms with E-state index < -0.39 is 11.4 Å². The number of nitrogens with one attached hydrogen (secondary N) is 1. The number of hydrogen-bond acceptors (Lipinski definition) is 2. The van der Waals surface area contributed by atoms with Crippen LogP contribution in [0.2, 0.25) is 0 Å². The number of fused-ring (bicyclic) bond motifs is 1. The molecule has 0 atom stereocenters. The molecule has 2 aliphatic rings. The van der Waals surface area contributed by atoms with E-state index in [1.165, 1.54) is 18.4 Å². The second-order valence-electron chi connectivity index (χ2n) is 8.36. The maximum absolute atomic E-state index is 11.4. The molecule has 2 N–H and O–H groups in total. The van der Waals surface area contributed by atoms with E-state index in [2.05, 4.69) is 47.2 Å². The first-order valence-electron chi connectivity index (χ1n) is 9.30. The quantitative estimate of drug-likeness (QED) is 0.704. The molecule has 0 bridgehead atoms. The van der Waals surface area contributed by atoms with Gasteiger partial charge in [0.05, 0.1) is 16.8 Å². The SMILES string of the molecule is CC1(c2ccnc(-c3cc4cc(CC5(C(=O)O)CC5)ccc4[nH]3)c2)CC1. The van der Waals surface area contributed by atoms with Crippen molar-refractivity contribution in [3.05, 3.63) is 53.7 Å². The monoisotopic (exact) mass is 346 g/mol. The van der Waals surface area contributed by atoms with Gasteiger partial charge in [0, 0.05) is 17.1 Å². The zero-order valence-corrected chi connectivity index (χ0v) is 14.9. The molecule has 0 unspecified atom stereocenters. The van der Waals surface area contributed by atoms with Crippen LogP contribution in [-0.2, 0) is 16.6 Å². The van der Waals surface area contributed by atoms with Gasteiger partial charge < -0.3 is 10.1 Å². The van der Waals surface area contributed by atoms with E-state index in [1.54, 1.807) is 0 Å². The van der Waals surface area contributed by atoms with Gasteiger partial charge in [-0.1, -0.05) is 13.0 Å². The lowest BCUT2D eigenvalue weighted by Crippen LogP contribution is -2.17. The van der Waals surface area contributed by atoms with Crippen molar-refractivity contribution >= 4 is 16.9 Å². The molecule has 2 saturated carbocycles. The number of carboxylic acid groups (broad SMARTS) is 1. The van der Waals surface area contributed by atoms with Crippen LogP contribution in [0.4, 0.5) is 0 Å². The van der Waals surface area contributed by atoms with Gasteiger partial charge in [-0.15, -0.1) is 0 Å². The third-order valence-corrected chi connectivity index (χ3v) is 6.27. The number of carboxylic acids is 1. The summed E-state index contributed by atoms with van der Waals surface area (Å²) in [5.74, 6) is -0.665. The molecule has 4 nitrogen and oxygen atoms in total. The fourth-order valence-electron chi connectivity index (χ4n) is 3.87. The zero-order chi connectivity index (χ0) is 17.9. The smallest absolute Gasteiger partial charge is 0.309 e. The molecule has 132 valence electrons. The Hall–Kier alpha value is -2.62. The Bertz CT molecular complexity index is 1030. The van der Waals surface area contributed by atoms with Crippen LogP contribution >= 0.6 is 0 Å². The number of benzene rings is 1. The van der Waals surface area contributed by atoms with Crippen LogP contribution < -0.4 is 0 Å². The Morgan fingerprint density at radius 3 is 2.65 bits per heavy atom. The van der Waals surface area contributed by atoms with Gasteiger partial charge in [-0.2, -0.15) is 0 Å². The van der Waals surface area contributed by atoms with Crippen LogP contribution in [-0.4, -0.2) is 21.0 Å². The number of aromatic nitrogens is 2. The van der Waals surface area contributed by atoms with Gasteiger partial charge in [0.15, 0.2) is 0 Å². The van der Waals surface area contributed by atoms with Crippen molar-refractivity contribution in [3.8, 4) is 11.4 Å². The highest BCUT2D eigenvalue weighted by atomic mass is 16.4. The van der Waals surface area contributed by atoms with Crippen molar-refractivity contribution in [2.75, 3.05) is 0 Å². The van der Waals surface area contributed by atoms with E-state index in [9.17, 15) is 9.90 Å². The number of pyridine rings is 1. The minimum atomic E-state index is -0.665. The summed E-state index contributed by atoms with van der Waals surface area (Å²) in [7, 11) is 0. The molecule has 2 fully saturated rings. The number of nitrogens with zero attached hydrogens (tertiary/aromatic N) is 1. The molecule has 0 amide bonds. The van der Waals surface area contributed by atoms with Gasteiger partial charge in [0.2, 0.25) is 0 Å². The second-order valence-corrected chi connectivity index (χ2v) is 8.36. The maximum atomic E-state index is 11.4. The summed E-state index contributed by atoms with van der Waals surface area (Å²) in [5.41, 5.74) is 5.30. The molecule has 3 aromatic rings. The van der Waals surface area contributed by atoms with Gasteiger partial charge in [-0.3, -0.25) is 9.78 Å². The molecule has 2 aromatic heterocycles. The molecule has 26 heavy (non-hydrogen) atoms. The molecule has 0 spiro atoms. The first-order chi connectivity index (χ1) is 12.5. The van der Waals surface area contributed by atoms with E-state index in [-0.39, 0.29) is 0 Å². The van der Waals surface area contributed by atoms with Crippen molar-refractivity contribution in [2.45, 2.75) is 44.4 Å². The van der Waals surface area contributed by atoms with Crippen LogP contribution in [0.25, 0.3) is 22.3 Å². The van der Waals surface area contributed by atoms with Crippen LogP contribution in [0.15, 0.2) is 42.6 Å². The molecular formula is C22H22N2O2. The third kappa shape index (κ3) is 2.52. The Balaban J connectivity index is 1.48. The second kappa shape index (κ2) is 5.19. The average Bonchev–Trinajstić information content (AvgIpc) is 3.53. The summed E-state index contributed by atoms with van der Waals surface area (Å²) < 4.78 is 0. The Labute approximate surface area is 152 Å². The highest BCUT2D eigenvalue weighted by Gasteiger charge is 2.49. The minimum absolute atomic E-state index is 0.326. The Morgan fingerprint density at radius 2 is 1.96 bits per heavy atom. The fraction of sp³-hybridized carbons (Fsp3) is 0.364. The topological polar surface area (TPSA) is 66.0 Å². The summed E-state index contributed by atoms with van der Waals surface area (Å²) in [5, 5.41) is 10.5. The van der Waals surface area contributed by atoms with E-state index in [1.807, 2.05) is 12.3 Å². The number of carbonyl (C=O) groups is 1. The normalized spacial score (nSPS) is 19.4. The predicted octanol–water partition coefficient (Wildman–Crippen LogP) is 4.69. The van der Waals surface area contributed by atoms with Crippen molar-refractivity contribution in [3.63, 3.8) is 0 Å². The van der Waals surface area contributed by atoms with Gasteiger partial charge >= 0.3 is 5.97 Å². The van der Waals surface area contributed by atoms with Crippen molar-refractivity contribution in [2.24, 2.45) is 5.41 Å². The van der Waals surface area contributed by atoms with Gasteiger partial charge in [0.25, 0.3) is 0 Å². The van der Waals surface area contributed by atoms with Crippen LogP contribution in [0, 0.1) is 5.41 Å². The van der Waals surface area contributed by atoms with Crippen molar-refractivity contribution in [1.29, 1.82) is 0 Å².